The van der Waals surface area contributed by atoms with Crippen molar-refractivity contribution in [2.75, 3.05) is 0 Å². The van der Waals surface area contributed by atoms with Crippen molar-refractivity contribution < 1.29 is 0 Å². The quantitative estimate of drug-likeness (QED) is 0.413. The van der Waals surface area contributed by atoms with E-state index in [0.29, 0.717) is 0 Å². The Hall–Kier alpha value is -3.90. The van der Waals surface area contributed by atoms with Crippen molar-refractivity contribution in [1.82, 2.24) is 0 Å². The summed E-state index contributed by atoms with van der Waals surface area (Å²) in [6.45, 7) is 27.7. The van der Waals surface area contributed by atoms with Crippen LogP contribution < -0.4 is 10.4 Å². The first-order valence-corrected chi connectivity index (χ1v) is 11.6. The number of allylic oxidation sites excluding steroid dienone is 15. The van der Waals surface area contributed by atoms with Crippen molar-refractivity contribution in [1.29, 1.82) is 0 Å². The van der Waals surface area contributed by atoms with E-state index in [-0.39, 0.29) is 0 Å². The van der Waals surface area contributed by atoms with Gasteiger partial charge in [-0.25, -0.2) is 0 Å². The van der Waals surface area contributed by atoms with Crippen molar-refractivity contribution >= 4 is 18.7 Å². The maximum absolute atomic E-state index is 4.55. The smallest absolute Gasteiger partial charge is 0.0721 e. The number of hydrogen-bond donors (Lipinski definition) is 0. The van der Waals surface area contributed by atoms with E-state index >= 15 is 0 Å². The molecule has 0 aromatic heterocycles. The van der Waals surface area contributed by atoms with Gasteiger partial charge in [0.25, 0.3) is 0 Å². The third kappa shape index (κ3) is 3.86. The molecule has 0 N–H and O–H groups in total. The molecule has 0 aliphatic heterocycles. The van der Waals surface area contributed by atoms with Gasteiger partial charge < -0.3 is 0 Å². The molecule has 0 heteroatoms. The van der Waals surface area contributed by atoms with Crippen molar-refractivity contribution in [2.45, 2.75) is 26.2 Å². The van der Waals surface area contributed by atoms with E-state index in [1.165, 1.54) is 11.1 Å². The van der Waals surface area contributed by atoms with Gasteiger partial charge in [-0.15, -0.1) is 0 Å². The Kier molecular flexibility index (Phi) is 7.54. The fourth-order valence-corrected chi connectivity index (χ4v) is 5.17. The molecule has 1 spiro atoms. The maximum atomic E-state index is 4.55. The normalized spacial score (nSPS) is 20.9. The second-order valence-electron chi connectivity index (χ2n) is 8.44. The lowest BCUT2D eigenvalue weighted by Crippen LogP contribution is -2.28. The molecule has 0 heterocycles. The summed E-state index contributed by atoms with van der Waals surface area (Å²) in [4.78, 5) is 0. The van der Waals surface area contributed by atoms with Crippen LogP contribution in [0.3, 0.4) is 0 Å². The Balaban J connectivity index is 2.73. The summed E-state index contributed by atoms with van der Waals surface area (Å²) >= 11 is 0. The van der Waals surface area contributed by atoms with Crippen LogP contribution in [0.2, 0.25) is 0 Å². The average molecular weight is 443 g/mol. The lowest BCUT2D eigenvalue weighted by atomic mass is 9.68. The highest BCUT2D eigenvalue weighted by Gasteiger charge is 2.52. The van der Waals surface area contributed by atoms with Crippen molar-refractivity contribution in [3.8, 4) is 0 Å². The van der Waals surface area contributed by atoms with Gasteiger partial charge in [-0.2, -0.15) is 0 Å². The van der Waals surface area contributed by atoms with E-state index in [0.717, 1.165) is 43.9 Å². The van der Waals surface area contributed by atoms with Gasteiger partial charge in [0.15, 0.2) is 0 Å². The average Bonchev–Trinajstić information content (AvgIpc) is 3.20. The SMILES string of the molecule is C=C/C=C\C1=C(C)c2c(ccc(=C)ccccc2=C)C12C(C=C)=C(/C=C\C)C(=C)/C2=C\C=C/C. The first-order chi connectivity index (χ1) is 16.4. The summed E-state index contributed by atoms with van der Waals surface area (Å²) < 4.78 is 0. The standard InChI is InChI=1S/C34H34/c1-9-13-20-30-26(7)28(17-11-3)29(12-4)34(30)31(21-14-10-2)27(8)33-25(6)19-16-15-18-24(5)22-23-32(33)34/h9-23H,2,4-7H2,1,3,8H3/b13-9-,17-11-,18-15?,19-16?,21-14-,23-22?,30-20+. The number of hydrogen-bond acceptors (Lipinski definition) is 0. The molecule has 0 bridgehead atoms. The molecule has 2 aliphatic rings. The molecule has 1 aromatic rings. The third-order valence-corrected chi connectivity index (χ3v) is 6.50. The Bertz CT molecular complexity index is 1390. The Morgan fingerprint density at radius 2 is 1.56 bits per heavy atom. The molecule has 0 radical (unpaired) electrons. The van der Waals surface area contributed by atoms with Crippen LogP contribution >= 0.6 is 0 Å². The first-order valence-electron chi connectivity index (χ1n) is 11.6. The minimum absolute atomic E-state index is 0.567. The highest BCUT2D eigenvalue weighted by Crippen LogP contribution is 2.61. The lowest BCUT2D eigenvalue weighted by Gasteiger charge is -2.33. The molecule has 1 aromatic carbocycles. The van der Waals surface area contributed by atoms with Crippen LogP contribution in [0.25, 0.3) is 18.7 Å². The summed E-state index contributed by atoms with van der Waals surface area (Å²) in [6, 6.07) is 12.4. The molecule has 0 saturated heterocycles. The zero-order valence-corrected chi connectivity index (χ0v) is 20.7. The van der Waals surface area contributed by atoms with E-state index in [9.17, 15) is 0 Å². The molecule has 0 saturated carbocycles. The van der Waals surface area contributed by atoms with Crippen LogP contribution in [-0.4, -0.2) is 0 Å². The monoisotopic (exact) mass is 442 g/mol. The molecular formula is C34H34. The van der Waals surface area contributed by atoms with Crippen molar-refractivity contribution in [3.05, 3.63) is 160 Å². The highest BCUT2D eigenvalue weighted by atomic mass is 14.5. The van der Waals surface area contributed by atoms with Crippen LogP contribution in [0, 0.1) is 0 Å². The molecule has 2 aliphatic carbocycles. The highest BCUT2D eigenvalue weighted by molar-refractivity contribution is 5.91. The van der Waals surface area contributed by atoms with E-state index in [2.05, 4.69) is 88.4 Å². The molecule has 170 valence electrons. The van der Waals surface area contributed by atoms with Gasteiger partial charge in [0.1, 0.15) is 0 Å². The van der Waals surface area contributed by atoms with E-state index < -0.39 is 5.41 Å². The lowest BCUT2D eigenvalue weighted by molar-refractivity contribution is 0.776. The summed E-state index contributed by atoms with van der Waals surface area (Å²) in [7, 11) is 0. The van der Waals surface area contributed by atoms with Crippen LogP contribution in [0.15, 0.2) is 139 Å². The molecule has 3 rings (SSSR count). The van der Waals surface area contributed by atoms with Gasteiger partial charge in [0.05, 0.1) is 5.41 Å². The first kappa shape index (κ1) is 24.7. The van der Waals surface area contributed by atoms with Gasteiger partial charge in [-0.1, -0.05) is 124 Å². The van der Waals surface area contributed by atoms with E-state index in [4.69, 9.17) is 0 Å². The Labute approximate surface area is 205 Å². The van der Waals surface area contributed by atoms with Crippen LogP contribution in [0.1, 0.15) is 31.9 Å². The van der Waals surface area contributed by atoms with Crippen LogP contribution in [0.4, 0.5) is 0 Å². The number of rotatable bonds is 5. The summed E-state index contributed by atoms with van der Waals surface area (Å²) in [5.41, 5.74) is 8.46. The van der Waals surface area contributed by atoms with Crippen LogP contribution in [-0.2, 0) is 5.41 Å². The maximum Gasteiger partial charge on any atom is 0.0721 e. The summed E-state index contributed by atoms with van der Waals surface area (Å²) in [5.74, 6) is 0. The second-order valence-corrected chi connectivity index (χ2v) is 8.44. The minimum Gasteiger partial charge on any atom is -0.0991 e. The molecule has 34 heavy (non-hydrogen) atoms. The predicted molar refractivity (Wildman–Crippen MR) is 152 cm³/mol. The fourth-order valence-electron chi connectivity index (χ4n) is 5.17. The largest absolute Gasteiger partial charge is 0.0991 e. The Morgan fingerprint density at radius 3 is 2.21 bits per heavy atom. The molecule has 1 atom stereocenters. The number of fused-ring (bicyclic) bond motifs is 2. The van der Waals surface area contributed by atoms with Gasteiger partial charge in [0.2, 0.25) is 0 Å². The molecule has 1 unspecified atom stereocenters. The fraction of sp³-hybridized carbons (Fsp3) is 0.118. The molecule has 0 nitrogen and oxygen atoms in total. The third-order valence-electron chi connectivity index (χ3n) is 6.50. The van der Waals surface area contributed by atoms with Gasteiger partial charge >= 0.3 is 0 Å². The van der Waals surface area contributed by atoms with Crippen molar-refractivity contribution in [2.24, 2.45) is 0 Å². The second kappa shape index (κ2) is 10.4. The van der Waals surface area contributed by atoms with Crippen molar-refractivity contribution in [3.63, 3.8) is 0 Å². The van der Waals surface area contributed by atoms with E-state index in [1.54, 1.807) is 0 Å². The van der Waals surface area contributed by atoms with Gasteiger partial charge in [-0.3, -0.25) is 0 Å². The predicted octanol–water partition coefficient (Wildman–Crippen LogP) is 7.53. The summed E-state index contributed by atoms with van der Waals surface area (Å²) in [6.07, 6.45) is 18.5. The van der Waals surface area contributed by atoms with E-state index in [1.807, 2.05) is 56.4 Å². The topological polar surface area (TPSA) is 0 Å². The van der Waals surface area contributed by atoms with Gasteiger partial charge in [0, 0.05) is 0 Å². The zero-order valence-electron chi connectivity index (χ0n) is 20.7. The molecule has 0 fully saturated rings. The van der Waals surface area contributed by atoms with Crippen LogP contribution in [0.5, 0.6) is 0 Å². The Morgan fingerprint density at radius 1 is 0.824 bits per heavy atom. The minimum atomic E-state index is -0.567. The summed E-state index contributed by atoms with van der Waals surface area (Å²) in [5, 5.41) is 1.90. The molecule has 0 amide bonds. The van der Waals surface area contributed by atoms with Gasteiger partial charge in [-0.05, 0) is 75.8 Å². The molecular weight excluding hydrogens is 408 g/mol. The zero-order chi connectivity index (χ0) is 24.9.